The molecule has 0 radical (unpaired) electrons. The van der Waals surface area contributed by atoms with Gasteiger partial charge < -0.3 is 4.74 Å². The van der Waals surface area contributed by atoms with E-state index in [-0.39, 0.29) is 20.6 Å². The van der Waals surface area contributed by atoms with Crippen LogP contribution in [-0.4, -0.2) is 33.7 Å². The maximum Gasteiger partial charge on any atom is 0.264 e. The molecule has 3 aromatic rings. The number of amides is 1. The van der Waals surface area contributed by atoms with E-state index in [0.29, 0.717) is 12.5 Å². The molecule has 3 rings (SSSR count). The van der Waals surface area contributed by atoms with E-state index in [1.54, 1.807) is 30.3 Å². The maximum absolute atomic E-state index is 13.3. The van der Waals surface area contributed by atoms with Gasteiger partial charge in [0.25, 0.3) is 15.9 Å². The van der Waals surface area contributed by atoms with Crippen molar-refractivity contribution in [1.82, 2.24) is 5.43 Å². The average molecular weight is 534 g/mol. The highest BCUT2D eigenvalue weighted by Gasteiger charge is 2.27. The number of anilines is 1. The standard InChI is InChI=1S/C25H25Cl2N3O4S/c1-18(2)17-34-21-11-8-19(9-12-21)15-28-29-25(31)16-30(20-10-13-23(26)24(27)14-20)35(32,33)22-6-4-3-5-7-22/h3-15,18H,16-17H2,1-2H3,(H,29,31)/b28-15-. The van der Waals surface area contributed by atoms with Crippen molar-refractivity contribution in [3.05, 3.63) is 88.4 Å². The predicted octanol–water partition coefficient (Wildman–Crippen LogP) is 5.37. The van der Waals surface area contributed by atoms with Gasteiger partial charge in [0.05, 0.1) is 33.4 Å². The Hall–Kier alpha value is -3.07. The third-order valence-electron chi connectivity index (χ3n) is 4.68. The fourth-order valence-electron chi connectivity index (χ4n) is 2.93. The smallest absolute Gasteiger partial charge is 0.264 e. The number of hydrazone groups is 1. The normalized spacial score (nSPS) is 11.6. The first-order chi connectivity index (χ1) is 16.7. The van der Waals surface area contributed by atoms with Crippen molar-refractivity contribution in [2.45, 2.75) is 18.7 Å². The highest BCUT2D eigenvalue weighted by Crippen LogP contribution is 2.30. The summed E-state index contributed by atoms with van der Waals surface area (Å²) < 4.78 is 33.2. The average Bonchev–Trinajstić information content (AvgIpc) is 2.84. The summed E-state index contributed by atoms with van der Waals surface area (Å²) in [5, 5.41) is 4.37. The summed E-state index contributed by atoms with van der Waals surface area (Å²) in [6, 6.07) is 19.4. The summed E-state index contributed by atoms with van der Waals surface area (Å²) >= 11 is 12.1. The third kappa shape index (κ3) is 7.45. The van der Waals surface area contributed by atoms with Crippen molar-refractivity contribution in [2.24, 2.45) is 11.0 Å². The summed E-state index contributed by atoms with van der Waals surface area (Å²) in [7, 11) is -4.07. The molecule has 0 bridgehead atoms. The van der Waals surface area contributed by atoms with Crippen LogP contribution in [-0.2, 0) is 14.8 Å². The molecule has 0 aliphatic rings. The number of nitrogens with zero attached hydrogens (tertiary/aromatic N) is 2. The quantitative estimate of drug-likeness (QED) is 0.280. The van der Waals surface area contributed by atoms with Gasteiger partial charge in [-0.1, -0.05) is 55.2 Å². The van der Waals surface area contributed by atoms with Gasteiger partial charge >= 0.3 is 0 Å². The number of sulfonamides is 1. The Balaban J connectivity index is 1.74. The van der Waals surface area contributed by atoms with Crippen LogP contribution in [0, 0.1) is 5.92 Å². The molecular formula is C25H25Cl2N3O4S. The topological polar surface area (TPSA) is 88.1 Å². The van der Waals surface area contributed by atoms with Crippen LogP contribution in [0.2, 0.25) is 10.0 Å². The molecule has 0 fully saturated rings. The first-order valence-corrected chi connectivity index (χ1v) is 12.9. The van der Waals surface area contributed by atoms with E-state index in [0.717, 1.165) is 15.6 Å². The molecule has 1 amide bonds. The van der Waals surface area contributed by atoms with E-state index < -0.39 is 22.5 Å². The van der Waals surface area contributed by atoms with Crippen molar-refractivity contribution in [1.29, 1.82) is 0 Å². The Morgan fingerprint density at radius 1 is 1.03 bits per heavy atom. The summed E-state index contributed by atoms with van der Waals surface area (Å²) in [4.78, 5) is 12.7. The van der Waals surface area contributed by atoms with Crippen LogP contribution in [0.15, 0.2) is 82.8 Å². The van der Waals surface area contributed by atoms with Gasteiger partial charge in [0, 0.05) is 0 Å². The molecule has 0 spiro atoms. The second-order valence-corrected chi connectivity index (χ2v) is 10.7. The van der Waals surface area contributed by atoms with Crippen LogP contribution in [0.3, 0.4) is 0 Å². The Bertz CT molecular complexity index is 1280. The van der Waals surface area contributed by atoms with E-state index in [2.05, 4.69) is 24.4 Å². The molecule has 0 aliphatic heterocycles. The highest BCUT2D eigenvalue weighted by atomic mass is 35.5. The van der Waals surface area contributed by atoms with E-state index in [1.165, 1.54) is 36.5 Å². The summed E-state index contributed by atoms with van der Waals surface area (Å²) in [5.41, 5.74) is 3.30. The van der Waals surface area contributed by atoms with Crippen molar-refractivity contribution < 1.29 is 17.9 Å². The van der Waals surface area contributed by atoms with Crippen molar-refractivity contribution >= 4 is 51.0 Å². The molecule has 3 aromatic carbocycles. The molecule has 35 heavy (non-hydrogen) atoms. The maximum atomic E-state index is 13.3. The summed E-state index contributed by atoms with van der Waals surface area (Å²) in [6.45, 7) is 4.23. The minimum atomic E-state index is -4.07. The van der Waals surface area contributed by atoms with E-state index >= 15 is 0 Å². The SMILES string of the molecule is CC(C)COc1ccc(/C=N\NC(=O)CN(c2ccc(Cl)c(Cl)c2)S(=O)(=O)c2ccccc2)cc1. The Morgan fingerprint density at radius 2 is 1.71 bits per heavy atom. The third-order valence-corrected chi connectivity index (χ3v) is 7.20. The molecular weight excluding hydrogens is 509 g/mol. The number of carbonyl (C=O) groups excluding carboxylic acids is 1. The number of hydrogen-bond donors (Lipinski definition) is 1. The second kappa shape index (κ2) is 12.1. The Kier molecular flexibility index (Phi) is 9.14. The minimum absolute atomic E-state index is 0.0298. The molecule has 184 valence electrons. The summed E-state index contributed by atoms with van der Waals surface area (Å²) in [5.74, 6) is 0.521. The molecule has 7 nitrogen and oxygen atoms in total. The van der Waals surface area contributed by atoms with Crippen LogP contribution in [0.25, 0.3) is 0 Å². The second-order valence-electron chi connectivity index (χ2n) is 7.99. The van der Waals surface area contributed by atoms with Crippen LogP contribution < -0.4 is 14.5 Å². The van der Waals surface area contributed by atoms with Gasteiger partial charge in [0.15, 0.2) is 0 Å². The lowest BCUT2D eigenvalue weighted by Gasteiger charge is -2.24. The first-order valence-electron chi connectivity index (χ1n) is 10.7. The number of carbonyl (C=O) groups is 1. The van der Waals surface area contributed by atoms with Crippen LogP contribution in [0.4, 0.5) is 5.69 Å². The lowest BCUT2D eigenvalue weighted by Crippen LogP contribution is -2.39. The number of benzene rings is 3. The van der Waals surface area contributed by atoms with Crippen LogP contribution in [0.1, 0.15) is 19.4 Å². The Morgan fingerprint density at radius 3 is 2.34 bits per heavy atom. The van der Waals surface area contributed by atoms with Gasteiger partial charge in [-0.15, -0.1) is 0 Å². The van der Waals surface area contributed by atoms with E-state index in [1.807, 2.05) is 12.1 Å². The molecule has 0 saturated carbocycles. The number of hydrogen-bond acceptors (Lipinski definition) is 5. The minimum Gasteiger partial charge on any atom is -0.493 e. The van der Waals surface area contributed by atoms with Gasteiger partial charge in [-0.25, -0.2) is 13.8 Å². The molecule has 0 saturated heterocycles. The lowest BCUT2D eigenvalue weighted by molar-refractivity contribution is -0.119. The number of halogens is 2. The zero-order valence-electron chi connectivity index (χ0n) is 19.2. The van der Waals surface area contributed by atoms with Crippen molar-refractivity contribution in [3.63, 3.8) is 0 Å². The van der Waals surface area contributed by atoms with Crippen molar-refractivity contribution in [3.8, 4) is 5.75 Å². The fourth-order valence-corrected chi connectivity index (χ4v) is 4.66. The highest BCUT2D eigenvalue weighted by molar-refractivity contribution is 7.92. The van der Waals surface area contributed by atoms with Crippen LogP contribution in [0.5, 0.6) is 5.75 Å². The fraction of sp³-hybridized carbons (Fsp3) is 0.200. The van der Waals surface area contributed by atoms with Crippen LogP contribution >= 0.6 is 23.2 Å². The molecule has 0 aliphatic carbocycles. The summed E-state index contributed by atoms with van der Waals surface area (Å²) in [6.07, 6.45) is 1.46. The number of ether oxygens (including phenoxy) is 1. The molecule has 0 unspecified atom stereocenters. The van der Waals surface area contributed by atoms with Crippen molar-refractivity contribution in [2.75, 3.05) is 17.5 Å². The molecule has 1 N–H and O–H groups in total. The lowest BCUT2D eigenvalue weighted by atomic mass is 10.2. The van der Waals surface area contributed by atoms with E-state index in [4.69, 9.17) is 27.9 Å². The van der Waals surface area contributed by atoms with Gasteiger partial charge in [0.1, 0.15) is 12.3 Å². The van der Waals surface area contributed by atoms with Gasteiger partial charge in [0.2, 0.25) is 0 Å². The monoisotopic (exact) mass is 533 g/mol. The predicted molar refractivity (Wildman–Crippen MR) is 140 cm³/mol. The van der Waals surface area contributed by atoms with Gasteiger partial charge in [-0.2, -0.15) is 5.10 Å². The molecule has 0 heterocycles. The molecule has 10 heteroatoms. The number of rotatable bonds is 10. The largest absolute Gasteiger partial charge is 0.493 e. The van der Waals surface area contributed by atoms with E-state index in [9.17, 15) is 13.2 Å². The first kappa shape index (κ1) is 26.5. The molecule has 0 aromatic heterocycles. The zero-order chi connectivity index (χ0) is 25.4. The Labute approximate surface area is 215 Å². The molecule has 0 atom stereocenters. The zero-order valence-corrected chi connectivity index (χ0v) is 21.5. The number of nitrogens with one attached hydrogen (secondary N) is 1. The van der Waals surface area contributed by atoms with Gasteiger partial charge in [-0.3, -0.25) is 9.10 Å². The van der Waals surface area contributed by atoms with Gasteiger partial charge in [-0.05, 0) is 66.1 Å².